The Morgan fingerprint density at radius 1 is 0.925 bits per heavy atom. The first kappa shape index (κ1) is 27.8. The van der Waals surface area contributed by atoms with E-state index in [0.717, 1.165) is 29.7 Å². The lowest BCUT2D eigenvalue weighted by Crippen LogP contribution is -2.45. The van der Waals surface area contributed by atoms with Gasteiger partial charge in [-0.2, -0.15) is 0 Å². The van der Waals surface area contributed by atoms with Crippen LogP contribution in [0.15, 0.2) is 59.0 Å². The molecule has 1 atom stereocenters. The van der Waals surface area contributed by atoms with Gasteiger partial charge in [-0.1, -0.05) is 39.0 Å². The smallest absolute Gasteiger partial charge is 0.254 e. The highest BCUT2D eigenvalue weighted by Gasteiger charge is 2.28. The first-order chi connectivity index (χ1) is 19.2. The topological polar surface area (TPSA) is 81.5 Å². The SMILES string of the molecule is Cc1ccc(CN(Cc2ccc3c(c2)OCO3)C(=O)CN(CC2CCCO2)C(=O)c2ccc(C(C)(C)C)cc2)o1. The van der Waals surface area contributed by atoms with Crippen molar-refractivity contribution in [1.29, 1.82) is 0 Å². The molecular formula is C32H38N2O6. The molecule has 0 radical (unpaired) electrons. The van der Waals surface area contributed by atoms with E-state index in [2.05, 4.69) is 20.8 Å². The van der Waals surface area contributed by atoms with Crippen molar-refractivity contribution >= 4 is 11.8 Å². The molecule has 0 spiro atoms. The summed E-state index contributed by atoms with van der Waals surface area (Å²) < 4.78 is 22.6. The Morgan fingerprint density at radius 2 is 1.70 bits per heavy atom. The molecule has 1 fully saturated rings. The summed E-state index contributed by atoms with van der Waals surface area (Å²) in [4.78, 5) is 31.0. The van der Waals surface area contributed by atoms with Crippen LogP contribution in [0.2, 0.25) is 0 Å². The largest absolute Gasteiger partial charge is 0.464 e. The highest BCUT2D eigenvalue weighted by atomic mass is 16.7. The van der Waals surface area contributed by atoms with E-state index >= 15 is 0 Å². The van der Waals surface area contributed by atoms with Gasteiger partial charge in [0.2, 0.25) is 12.7 Å². The van der Waals surface area contributed by atoms with Gasteiger partial charge in [0.05, 0.1) is 12.6 Å². The van der Waals surface area contributed by atoms with Gasteiger partial charge in [-0.05, 0) is 72.7 Å². The number of nitrogens with zero attached hydrogens (tertiary/aromatic N) is 2. The molecule has 0 aliphatic carbocycles. The lowest BCUT2D eigenvalue weighted by molar-refractivity contribution is -0.133. The number of fused-ring (bicyclic) bond motifs is 1. The van der Waals surface area contributed by atoms with Crippen molar-refractivity contribution in [2.75, 3.05) is 26.5 Å². The Hall–Kier alpha value is -3.78. The predicted octanol–water partition coefficient (Wildman–Crippen LogP) is 5.46. The molecule has 8 nitrogen and oxygen atoms in total. The zero-order chi connectivity index (χ0) is 28.3. The third-order valence-corrected chi connectivity index (χ3v) is 7.37. The average Bonchev–Trinajstić information content (AvgIpc) is 3.69. The number of furan rings is 1. The molecule has 0 N–H and O–H groups in total. The summed E-state index contributed by atoms with van der Waals surface area (Å²) in [5.74, 6) is 2.45. The number of hydrogen-bond donors (Lipinski definition) is 0. The van der Waals surface area contributed by atoms with Crippen LogP contribution in [-0.2, 0) is 28.0 Å². The summed E-state index contributed by atoms with van der Waals surface area (Å²) in [6, 6.07) is 17.1. The molecule has 0 saturated carbocycles. The summed E-state index contributed by atoms with van der Waals surface area (Å²) >= 11 is 0. The van der Waals surface area contributed by atoms with Crippen LogP contribution in [0.1, 0.15) is 66.6 Å². The van der Waals surface area contributed by atoms with Gasteiger partial charge >= 0.3 is 0 Å². The van der Waals surface area contributed by atoms with Crippen molar-refractivity contribution in [1.82, 2.24) is 9.80 Å². The van der Waals surface area contributed by atoms with Crippen molar-refractivity contribution in [3.8, 4) is 11.5 Å². The molecule has 212 valence electrons. The number of carbonyl (C=O) groups is 2. The number of aryl methyl sites for hydroxylation is 1. The zero-order valence-corrected chi connectivity index (χ0v) is 23.8. The molecule has 5 rings (SSSR count). The van der Waals surface area contributed by atoms with E-state index in [-0.39, 0.29) is 43.2 Å². The van der Waals surface area contributed by atoms with E-state index < -0.39 is 0 Å². The van der Waals surface area contributed by atoms with Crippen LogP contribution in [0.5, 0.6) is 11.5 Å². The van der Waals surface area contributed by atoms with Crippen LogP contribution in [0.3, 0.4) is 0 Å². The summed E-state index contributed by atoms with van der Waals surface area (Å²) in [5, 5.41) is 0. The maximum atomic E-state index is 13.9. The fourth-order valence-corrected chi connectivity index (χ4v) is 5.06. The van der Waals surface area contributed by atoms with Gasteiger partial charge in [-0.25, -0.2) is 0 Å². The van der Waals surface area contributed by atoms with Crippen molar-refractivity contribution < 1.29 is 28.2 Å². The van der Waals surface area contributed by atoms with Crippen LogP contribution in [-0.4, -0.2) is 54.2 Å². The van der Waals surface area contributed by atoms with E-state index in [1.807, 2.05) is 61.5 Å². The number of hydrogen-bond acceptors (Lipinski definition) is 6. The zero-order valence-electron chi connectivity index (χ0n) is 23.8. The standard InChI is InChI=1S/C32H38N2O6/c1-22-7-13-27(40-22)19-33(17-23-8-14-28-29(16-23)39-21-38-28)30(35)20-34(18-26-6-5-15-37-26)31(36)24-9-11-25(12-10-24)32(2,3)4/h7-14,16,26H,5-6,15,17-21H2,1-4H3. The maximum absolute atomic E-state index is 13.9. The molecule has 8 heteroatoms. The highest BCUT2D eigenvalue weighted by molar-refractivity contribution is 5.96. The van der Waals surface area contributed by atoms with Crippen LogP contribution < -0.4 is 9.47 Å². The summed E-state index contributed by atoms with van der Waals surface area (Å²) in [6.07, 6.45) is 1.74. The minimum atomic E-state index is -0.179. The first-order valence-electron chi connectivity index (χ1n) is 13.9. The van der Waals surface area contributed by atoms with Gasteiger partial charge in [0, 0.05) is 25.3 Å². The lowest BCUT2D eigenvalue weighted by atomic mass is 9.86. The second kappa shape index (κ2) is 11.8. The lowest BCUT2D eigenvalue weighted by Gasteiger charge is -2.29. The summed E-state index contributed by atoms with van der Waals surface area (Å²) in [6.45, 7) is 10.1. The number of rotatable bonds is 9. The maximum Gasteiger partial charge on any atom is 0.254 e. The molecule has 2 aliphatic rings. The Bertz CT molecular complexity index is 1330. The highest BCUT2D eigenvalue weighted by Crippen LogP contribution is 2.33. The van der Waals surface area contributed by atoms with Gasteiger partial charge in [0.1, 0.15) is 18.1 Å². The molecule has 3 heterocycles. The average molecular weight is 547 g/mol. The minimum Gasteiger partial charge on any atom is -0.464 e. The number of carbonyl (C=O) groups excluding carboxylic acids is 2. The van der Waals surface area contributed by atoms with Gasteiger partial charge in [0.15, 0.2) is 11.5 Å². The van der Waals surface area contributed by atoms with Gasteiger partial charge in [0.25, 0.3) is 5.91 Å². The molecule has 0 bridgehead atoms. The quantitative estimate of drug-likeness (QED) is 0.354. The van der Waals surface area contributed by atoms with E-state index in [4.69, 9.17) is 18.6 Å². The number of ether oxygens (including phenoxy) is 3. The Morgan fingerprint density at radius 3 is 2.38 bits per heavy atom. The Kier molecular flexibility index (Phi) is 8.17. The monoisotopic (exact) mass is 546 g/mol. The van der Waals surface area contributed by atoms with E-state index in [0.29, 0.717) is 42.5 Å². The number of amides is 2. The predicted molar refractivity (Wildman–Crippen MR) is 150 cm³/mol. The third-order valence-electron chi connectivity index (χ3n) is 7.37. The van der Waals surface area contributed by atoms with Crippen LogP contribution >= 0.6 is 0 Å². The van der Waals surface area contributed by atoms with E-state index in [1.54, 1.807) is 9.80 Å². The number of benzene rings is 2. The third kappa shape index (κ3) is 6.67. The molecule has 2 aromatic carbocycles. The molecular weight excluding hydrogens is 508 g/mol. The first-order valence-corrected chi connectivity index (χ1v) is 13.9. The Labute approximate surface area is 235 Å². The molecule has 40 heavy (non-hydrogen) atoms. The van der Waals surface area contributed by atoms with E-state index in [9.17, 15) is 9.59 Å². The van der Waals surface area contributed by atoms with Crippen LogP contribution in [0.25, 0.3) is 0 Å². The van der Waals surface area contributed by atoms with Crippen LogP contribution in [0.4, 0.5) is 0 Å². The normalized spacial score (nSPS) is 16.2. The van der Waals surface area contributed by atoms with Crippen molar-refractivity contribution in [2.24, 2.45) is 0 Å². The fourth-order valence-electron chi connectivity index (χ4n) is 5.06. The minimum absolute atomic E-state index is 0.0195. The second-order valence-corrected chi connectivity index (χ2v) is 11.6. The second-order valence-electron chi connectivity index (χ2n) is 11.6. The van der Waals surface area contributed by atoms with E-state index in [1.165, 1.54) is 0 Å². The van der Waals surface area contributed by atoms with Crippen molar-refractivity contribution in [3.63, 3.8) is 0 Å². The Balaban J connectivity index is 1.37. The van der Waals surface area contributed by atoms with Gasteiger partial charge in [-0.3, -0.25) is 9.59 Å². The molecule has 2 amide bonds. The van der Waals surface area contributed by atoms with Crippen molar-refractivity contribution in [3.05, 3.63) is 82.8 Å². The van der Waals surface area contributed by atoms with Gasteiger partial charge < -0.3 is 28.4 Å². The molecule has 1 aromatic heterocycles. The molecule has 1 unspecified atom stereocenters. The summed E-state index contributed by atoms with van der Waals surface area (Å²) in [7, 11) is 0. The summed E-state index contributed by atoms with van der Waals surface area (Å²) in [5.41, 5.74) is 2.59. The molecule has 3 aromatic rings. The van der Waals surface area contributed by atoms with Crippen molar-refractivity contribution in [2.45, 2.75) is 65.1 Å². The van der Waals surface area contributed by atoms with Gasteiger partial charge in [-0.15, -0.1) is 0 Å². The fraction of sp³-hybridized carbons (Fsp3) is 0.438. The molecule has 1 saturated heterocycles. The van der Waals surface area contributed by atoms with Crippen LogP contribution in [0, 0.1) is 6.92 Å². The molecule has 2 aliphatic heterocycles.